The van der Waals surface area contributed by atoms with Gasteiger partial charge in [0.05, 0.1) is 11.9 Å². The van der Waals surface area contributed by atoms with Crippen LogP contribution in [0.5, 0.6) is 0 Å². The van der Waals surface area contributed by atoms with Crippen molar-refractivity contribution in [1.29, 1.82) is 0 Å². The number of nitrogens with zero attached hydrogens (tertiary/aromatic N) is 3. The molecule has 1 aliphatic carbocycles. The third-order valence-corrected chi connectivity index (χ3v) is 6.28. The average molecular weight is 374 g/mol. The number of carbonyl (C=O) groups is 2. The Hall–Kier alpha value is -1.89. The standard InChI is InChI=1S/C20H30N4O3/c1-23-13-17(22-14-23)19(26)24-9-6-20(7-10-24)12-15(5-11-27-20)4-8-21-18(25)16-2-3-16/h13-16H,2-12H2,1H3,(H,21,25). The predicted molar refractivity (Wildman–Crippen MR) is 100 cm³/mol. The molecule has 1 saturated carbocycles. The van der Waals surface area contributed by atoms with Crippen LogP contribution in [0, 0.1) is 11.8 Å². The summed E-state index contributed by atoms with van der Waals surface area (Å²) in [5.41, 5.74) is 0.423. The highest BCUT2D eigenvalue weighted by Crippen LogP contribution is 2.39. The first kappa shape index (κ1) is 18.5. The smallest absolute Gasteiger partial charge is 0.274 e. The van der Waals surface area contributed by atoms with Crippen LogP contribution >= 0.6 is 0 Å². The van der Waals surface area contributed by atoms with Crippen molar-refractivity contribution in [2.75, 3.05) is 26.2 Å². The average Bonchev–Trinajstić information content (AvgIpc) is 3.43. The highest BCUT2D eigenvalue weighted by atomic mass is 16.5. The van der Waals surface area contributed by atoms with E-state index in [-0.39, 0.29) is 23.3 Å². The van der Waals surface area contributed by atoms with Gasteiger partial charge in [-0.3, -0.25) is 9.59 Å². The van der Waals surface area contributed by atoms with Crippen LogP contribution in [-0.4, -0.2) is 58.1 Å². The van der Waals surface area contributed by atoms with Gasteiger partial charge in [0.25, 0.3) is 5.91 Å². The quantitative estimate of drug-likeness (QED) is 0.852. The molecule has 1 aromatic heterocycles. The molecule has 3 fully saturated rings. The first-order valence-corrected chi connectivity index (χ1v) is 10.2. The molecular formula is C20H30N4O3. The first-order chi connectivity index (χ1) is 13.0. The van der Waals surface area contributed by atoms with Crippen LogP contribution in [0.3, 0.4) is 0 Å². The minimum absolute atomic E-state index is 0.0144. The van der Waals surface area contributed by atoms with Crippen LogP contribution in [0.1, 0.15) is 55.4 Å². The molecule has 148 valence electrons. The molecule has 0 radical (unpaired) electrons. The lowest BCUT2D eigenvalue weighted by atomic mass is 9.78. The van der Waals surface area contributed by atoms with Gasteiger partial charge >= 0.3 is 0 Å². The number of aryl methyl sites for hydroxylation is 1. The van der Waals surface area contributed by atoms with Crippen LogP contribution in [0.15, 0.2) is 12.5 Å². The van der Waals surface area contributed by atoms with Gasteiger partial charge in [-0.1, -0.05) is 0 Å². The second-order valence-electron chi connectivity index (χ2n) is 8.46. The van der Waals surface area contributed by atoms with E-state index in [4.69, 9.17) is 4.74 Å². The third-order valence-electron chi connectivity index (χ3n) is 6.28. The van der Waals surface area contributed by atoms with E-state index >= 15 is 0 Å². The van der Waals surface area contributed by atoms with Crippen LogP contribution in [-0.2, 0) is 16.6 Å². The maximum atomic E-state index is 12.6. The Bertz CT molecular complexity index is 689. The van der Waals surface area contributed by atoms with E-state index in [2.05, 4.69) is 10.3 Å². The summed E-state index contributed by atoms with van der Waals surface area (Å²) in [6.07, 6.45) is 10.5. The highest BCUT2D eigenvalue weighted by Gasteiger charge is 2.41. The summed E-state index contributed by atoms with van der Waals surface area (Å²) in [5.74, 6) is 1.13. The van der Waals surface area contributed by atoms with Gasteiger partial charge in [0, 0.05) is 45.4 Å². The summed E-state index contributed by atoms with van der Waals surface area (Å²) >= 11 is 0. The molecule has 3 aliphatic rings. The number of likely N-dealkylation sites (tertiary alicyclic amines) is 1. The van der Waals surface area contributed by atoms with Gasteiger partial charge in [-0.15, -0.1) is 0 Å². The molecule has 2 saturated heterocycles. The molecule has 3 heterocycles. The van der Waals surface area contributed by atoms with Crippen molar-refractivity contribution >= 4 is 11.8 Å². The van der Waals surface area contributed by atoms with Gasteiger partial charge in [0.15, 0.2) is 0 Å². The Morgan fingerprint density at radius 2 is 2.07 bits per heavy atom. The number of rotatable bonds is 5. The van der Waals surface area contributed by atoms with E-state index < -0.39 is 0 Å². The SMILES string of the molecule is Cn1cnc(C(=O)N2CCC3(CC2)CC(CCNC(=O)C2CC2)CCO3)c1. The molecular weight excluding hydrogens is 344 g/mol. The molecule has 1 aromatic rings. The van der Waals surface area contributed by atoms with E-state index in [0.29, 0.717) is 11.6 Å². The number of hydrogen-bond donors (Lipinski definition) is 1. The fraction of sp³-hybridized carbons (Fsp3) is 0.750. The number of carbonyl (C=O) groups excluding carboxylic acids is 2. The number of aromatic nitrogens is 2. The molecule has 2 amide bonds. The number of imidazole rings is 1. The zero-order chi connectivity index (χ0) is 18.9. The van der Waals surface area contributed by atoms with E-state index in [1.165, 1.54) is 0 Å². The van der Waals surface area contributed by atoms with Gasteiger partial charge < -0.3 is 19.5 Å². The van der Waals surface area contributed by atoms with Crippen molar-refractivity contribution < 1.29 is 14.3 Å². The fourth-order valence-electron chi connectivity index (χ4n) is 4.42. The highest BCUT2D eigenvalue weighted by molar-refractivity contribution is 5.92. The molecule has 1 atom stereocenters. The van der Waals surface area contributed by atoms with Crippen molar-refractivity contribution in [3.05, 3.63) is 18.2 Å². The third kappa shape index (κ3) is 4.34. The summed E-state index contributed by atoms with van der Waals surface area (Å²) in [7, 11) is 1.87. The fourth-order valence-corrected chi connectivity index (χ4v) is 4.42. The number of ether oxygens (including phenoxy) is 1. The number of nitrogens with one attached hydrogen (secondary N) is 1. The monoisotopic (exact) mass is 374 g/mol. The van der Waals surface area contributed by atoms with Gasteiger partial charge in [0.1, 0.15) is 5.69 Å². The summed E-state index contributed by atoms with van der Waals surface area (Å²) in [4.78, 5) is 30.4. The molecule has 4 rings (SSSR count). The van der Waals surface area contributed by atoms with Gasteiger partial charge in [-0.2, -0.15) is 0 Å². The molecule has 0 bridgehead atoms. The summed E-state index contributed by atoms with van der Waals surface area (Å²) in [6, 6.07) is 0. The van der Waals surface area contributed by atoms with Crippen LogP contribution in [0.2, 0.25) is 0 Å². The molecule has 0 aromatic carbocycles. The van der Waals surface area contributed by atoms with E-state index in [1.54, 1.807) is 17.1 Å². The van der Waals surface area contributed by atoms with E-state index in [1.807, 2.05) is 11.9 Å². The molecule has 1 N–H and O–H groups in total. The number of piperidine rings is 1. The maximum Gasteiger partial charge on any atom is 0.274 e. The van der Waals surface area contributed by atoms with Crippen LogP contribution < -0.4 is 5.32 Å². The molecule has 27 heavy (non-hydrogen) atoms. The van der Waals surface area contributed by atoms with Crippen LogP contribution in [0.25, 0.3) is 0 Å². The molecule has 1 unspecified atom stereocenters. The van der Waals surface area contributed by atoms with Gasteiger partial charge in [0.2, 0.25) is 5.91 Å². The van der Waals surface area contributed by atoms with Crippen molar-refractivity contribution in [3.8, 4) is 0 Å². The van der Waals surface area contributed by atoms with Crippen molar-refractivity contribution in [3.63, 3.8) is 0 Å². The minimum Gasteiger partial charge on any atom is -0.375 e. The lowest BCUT2D eigenvalue weighted by Crippen LogP contribution is -2.51. The maximum absolute atomic E-state index is 12.6. The van der Waals surface area contributed by atoms with Crippen LogP contribution in [0.4, 0.5) is 0 Å². The molecule has 2 aliphatic heterocycles. The zero-order valence-corrected chi connectivity index (χ0v) is 16.2. The molecule has 7 nitrogen and oxygen atoms in total. The lowest BCUT2D eigenvalue weighted by Gasteiger charge is -2.46. The Morgan fingerprint density at radius 1 is 1.30 bits per heavy atom. The Balaban J connectivity index is 1.25. The van der Waals surface area contributed by atoms with Crippen molar-refractivity contribution in [2.45, 2.75) is 50.5 Å². The van der Waals surface area contributed by atoms with Gasteiger partial charge in [-0.05, 0) is 50.9 Å². The van der Waals surface area contributed by atoms with E-state index in [9.17, 15) is 9.59 Å². The Morgan fingerprint density at radius 3 is 2.74 bits per heavy atom. The largest absolute Gasteiger partial charge is 0.375 e. The Labute approximate surface area is 160 Å². The molecule has 1 spiro atoms. The first-order valence-electron chi connectivity index (χ1n) is 10.2. The topological polar surface area (TPSA) is 76.5 Å². The van der Waals surface area contributed by atoms with Gasteiger partial charge in [-0.25, -0.2) is 4.98 Å². The van der Waals surface area contributed by atoms with E-state index in [0.717, 1.165) is 71.2 Å². The lowest BCUT2D eigenvalue weighted by molar-refractivity contribution is -0.125. The predicted octanol–water partition coefficient (Wildman–Crippen LogP) is 1.74. The minimum atomic E-state index is -0.0929. The summed E-state index contributed by atoms with van der Waals surface area (Å²) in [5, 5.41) is 3.08. The second-order valence-corrected chi connectivity index (χ2v) is 8.46. The number of hydrogen-bond acceptors (Lipinski definition) is 4. The second kappa shape index (κ2) is 7.62. The normalized spacial score (nSPS) is 24.8. The van der Waals surface area contributed by atoms with Crippen molar-refractivity contribution in [2.24, 2.45) is 18.9 Å². The molecule has 7 heteroatoms. The number of amides is 2. The van der Waals surface area contributed by atoms with Crippen molar-refractivity contribution in [1.82, 2.24) is 19.8 Å². The summed E-state index contributed by atoms with van der Waals surface area (Å²) < 4.78 is 8.01. The Kier molecular flexibility index (Phi) is 5.21. The summed E-state index contributed by atoms with van der Waals surface area (Å²) in [6.45, 7) is 3.01. The zero-order valence-electron chi connectivity index (χ0n) is 16.2.